The number of aliphatic carboxylic acids is 1. The SMILES string of the molecule is CC(C)(C)OC(=O)C(CC(=O)[O-])S(=O)(=O)[O-]. The Morgan fingerprint density at radius 3 is 2.00 bits per heavy atom. The normalized spacial score (nSPS) is 14.2. The molecule has 0 spiro atoms. The van der Waals surface area contributed by atoms with Crippen molar-refractivity contribution in [1.82, 2.24) is 0 Å². The van der Waals surface area contributed by atoms with Crippen LogP contribution in [0.15, 0.2) is 0 Å². The minimum atomic E-state index is -5.08. The molecular formula is C8H12O7S-2. The number of rotatable bonds is 4. The third kappa shape index (κ3) is 5.66. The quantitative estimate of drug-likeness (QED) is 0.435. The van der Waals surface area contributed by atoms with Crippen LogP contribution in [0.3, 0.4) is 0 Å². The molecule has 0 aromatic rings. The predicted octanol–water partition coefficient (Wildman–Crippen LogP) is -1.62. The Labute approximate surface area is 93.2 Å². The average molecular weight is 252 g/mol. The van der Waals surface area contributed by atoms with E-state index >= 15 is 0 Å². The van der Waals surface area contributed by atoms with Crippen LogP contribution in [0, 0.1) is 0 Å². The van der Waals surface area contributed by atoms with Gasteiger partial charge in [-0.1, -0.05) is 0 Å². The Balaban J connectivity index is 4.93. The van der Waals surface area contributed by atoms with Crippen molar-refractivity contribution < 1.29 is 32.4 Å². The van der Waals surface area contributed by atoms with Crippen molar-refractivity contribution in [2.45, 2.75) is 38.0 Å². The summed E-state index contributed by atoms with van der Waals surface area (Å²) in [4.78, 5) is 21.5. The summed E-state index contributed by atoms with van der Waals surface area (Å²) in [5.74, 6) is -3.19. The molecule has 0 saturated heterocycles. The number of carboxylic acids is 1. The van der Waals surface area contributed by atoms with Gasteiger partial charge in [0, 0.05) is 12.4 Å². The first-order chi connectivity index (χ1) is 6.93. The number of carbonyl (C=O) groups excluding carboxylic acids is 2. The van der Waals surface area contributed by atoms with Crippen LogP contribution >= 0.6 is 0 Å². The summed E-state index contributed by atoms with van der Waals surface area (Å²) in [6.45, 7) is 4.37. The molecule has 0 aromatic heterocycles. The third-order valence-corrected chi connectivity index (χ3v) is 2.43. The van der Waals surface area contributed by atoms with E-state index in [0.717, 1.165) is 0 Å². The maximum absolute atomic E-state index is 11.2. The fraction of sp³-hybridized carbons (Fsp3) is 0.750. The summed E-state index contributed by atoms with van der Waals surface area (Å²) in [6.07, 6.45) is -1.21. The second-order valence-corrected chi connectivity index (χ2v) is 5.65. The molecule has 0 aromatic carbocycles. The van der Waals surface area contributed by atoms with E-state index in [0.29, 0.717) is 0 Å². The lowest BCUT2D eigenvalue weighted by molar-refractivity contribution is -0.305. The van der Waals surface area contributed by atoms with Crippen LogP contribution in [-0.2, 0) is 24.4 Å². The van der Waals surface area contributed by atoms with Gasteiger partial charge >= 0.3 is 5.97 Å². The molecule has 0 saturated carbocycles. The number of esters is 1. The maximum Gasteiger partial charge on any atom is 0.324 e. The lowest BCUT2D eigenvalue weighted by Crippen LogP contribution is -2.41. The number of hydrogen-bond donors (Lipinski definition) is 0. The average Bonchev–Trinajstić information content (AvgIpc) is 1.93. The first-order valence-corrected chi connectivity index (χ1v) is 5.78. The van der Waals surface area contributed by atoms with Crippen molar-refractivity contribution in [3.8, 4) is 0 Å². The zero-order chi connectivity index (χ0) is 13.1. The van der Waals surface area contributed by atoms with Crippen molar-refractivity contribution in [2.24, 2.45) is 0 Å². The summed E-state index contributed by atoms with van der Waals surface area (Å²) in [5.41, 5.74) is -1.01. The molecule has 0 aliphatic heterocycles. The zero-order valence-electron chi connectivity index (χ0n) is 9.05. The molecule has 0 aliphatic rings. The van der Waals surface area contributed by atoms with Crippen molar-refractivity contribution in [1.29, 1.82) is 0 Å². The van der Waals surface area contributed by atoms with Gasteiger partial charge in [0.1, 0.15) is 15.7 Å². The van der Waals surface area contributed by atoms with Crippen molar-refractivity contribution >= 4 is 22.1 Å². The third-order valence-electron chi connectivity index (χ3n) is 1.37. The van der Waals surface area contributed by atoms with Gasteiger partial charge < -0.3 is 19.2 Å². The summed E-state index contributed by atoms with van der Waals surface area (Å²) in [6, 6.07) is 0. The van der Waals surface area contributed by atoms with Gasteiger partial charge in [-0.2, -0.15) is 0 Å². The van der Waals surface area contributed by atoms with E-state index in [-0.39, 0.29) is 0 Å². The molecule has 7 nitrogen and oxygen atoms in total. The van der Waals surface area contributed by atoms with E-state index in [9.17, 15) is 27.7 Å². The number of ether oxygens (including phenoxy) is 1. The highest BCUT2D eigenvalue weighted by Crippen LogP contribution is 2.13. The molecular weight excluding hydrogens is 240 g/mol. The minimum Gasteiger partial charge on any atom is -0.747 e. The van der Waals surface area contributed by atoms with Crippen LogP contribution in [0.4, 0.5) is 0 Å². The zero-order valence-corrected chi connectivity index (χ0v) is 9.87. The van der Waals surface area contributed by atoms with Crippen molar-refractivity contribution in [2.75, 3.05) is 0 Å². The van der Waals surface area contributed by atoms with E-state index in [4.69, 9.17) is 0 Å². The Bertz CT molecular complexity index is 376. The van der Waals surface area contributed by atoms with Crippen molar-refractivity contribution in [3.63, 3.8) is 0 Å². The molecule has 0 aliphatic carbocycles. The molecule has 94 valence electrons. The molecule has 0 N–H and O–H groups in total. The highest BCUT2D eigenvalue weighted by molar-refractivity contribution is 7.87. The second-order valence-electron chi connectivity index (χ2n) is 4.09. The largest absolute Gasteiger partial charge is 0.747 e. The molecule has 0 radical (unpaired) electrons. The Morgan fingerprint density at radius 2 is 1.75 bits per heavy atom. The monoisotopic (exact) mass is 252 g/mol. The van der Waals surface area contributed by atoms with E-state index in [2.05, 4.69) is 4.74 Å². The van der Waals surface area contributed by atoms with Gasteiger partial charge in [0.15, 0.2) is 5.25 Å². The summed E-state index contributed by atoms with van der Waals surface area (Å²) >= 11 is 0. The van der Waals surface area contributed by atoms with E-state index in [1.165, 1.54) is 20.8 Å². The standard InChI is InChI=1S/C8H14O7S/c1-8(2,3)15-7(11)5(4-6(9)10)16(12,13)14/h5H,4H2,1-3H3,(H,9,10)(H,12,13,14)/p-2. The van der Waals surface area contributed by atoms with Crippen LogP contribution in [0.2, 0.25) is 0 Å². The molecule has 0 rings (SSSR count). The molecule has 0 amide bonds. The fourth-order valence-electron chi connectivity index (χ4n) is 0.822. The highest BCUT2D eigenvalue weighted by Gasteiger charge is 2.30. The fourth-order valence-corrected chi connectivity index (χ4v) is 1.45. The molecule has 8 heteroatoms. The predicted molar refractivity (Wildman–Crippen MR) is 49.0 cm³/mol. The molecule has 1 atom stereocenters. The van der Waals surface area contributed by atoms with E-state index < -0.39 is 39.3 Å². The van der Waals surface area contributed by atoms with Gasteiger partial charge in [-0.25, -0.2) is 8.42 Å². The van der Waals surface area contributed by atoms with Crippen LogP contribution in [0.25, 0.3) is 0 Å². The minimum absolute atomic E-state index is 1.01. The van der Waals surface area contributed by atoms with Crippen molar-refractivity contribution in [3.05, 3.63) is 0 Å². The number of carbonyl (C=O) groups is 2. The molecule has 0 heterocycles. The van der Waals surface area contributed by atoms with Gasteiger partial charge in [-0.15, -0.1) is 0 Å². The summed E-state index contributed by atoms with van der Waals surface area (Å²) in [7, 11) is -5.08. The Hall–Kier alpha value is -1.15. The smallest absolute Gasteiger partial charge is 0.324 e. The number of hydrogen-bond acceptors (Lipinski definition) is 7. The van der Waals surface area contributed by atoms with Crippen LogP contribution in [0.5, 0.6) is 0 Å². The molecule has 16 heavy (non-hydrogen) atoms. The first kappa shape index (κ1) is 14.8. The molecule has 0 fully saturated rings. The lowest BCUT2D eigenvalue weighted by atomic mass is 10.2. The second kappa shape index (κ2) is 4.79. The Kier molecular flexibility index (Phi) is 4.45. The molecule has 1 unspecified atom stereocenters. The van der Waals surface area contributed by atoms with Gasteiger partial charge in [-0.05, 0) is 20.8 Å². The summed E-state index contributed by atoms with van der Waals surface area (Å²) < 4.78 is 36.6. The van der Waals surface area contributed by atoms with Crippen LogP contribution in [-0.4, -0.2) is 35.8 Å². The van der Waals surface area contributed by atoms with Gasteiger partial charge in [0.2, 0.25) is 0 Å². The topological polar surface area (TPSA) is 124 Å². The lowest BCUT2D eigenvalue weighted by Gasteiger charge is -2.25. The number of carboxylic acid groups (broad SMARTS) is 1. The summed E-state index contributed by atoms with van der Waals surface area (Å²) in [5, 5.41) is 7.94. The van der Waals surface area contributed by atoms with E-state index in [1.807, 2.05) is 0 Å². The maximum atomic E-state index is 11.2. The van der Waals surface area contributed by atoms with Gasteiger partial charge in [-0.3, -0.25) is 4.79 Å². The Morgan fingerprint density at radius 1 is 1.31 bits per heavy atom. The van der Waals surface area contributed by atoms with Crippen LogP contribution < -0.4 is 5.11 Å². The highest BCUT2D eigenvalue weighted by atomic mass is 32.2. The van der Waals surface area contributed by atoms with E-state index in [1.54, 1.807) is 0 Å². The molecule has 0 bridgehead atoms. The first-order valence-electron chi connectivity index (χ1n) is 4.31. The van der Waals surface area contributed by atoms with Gasteiger partial charge in [0.05, 0.1) is 0 Å². The van der Waals surface area contributed by atoms with Crippen LogP contribution in [0.1, 0.15) is 27.2 Å². The van der Waals surface area contributed by atoms with Gasteiger partial charge in [0.25, 0.3) is 0 Å².